The molecule has 1 fully saturated rings. The van der Waals surface area contributed by atoms with Crippen molar-refractivity contribution in [1.82, 2.24) is 14.7 Å². The van der Waals surface area contributed by atoms with Crippen LogP contribution in [0.1, 0.15) is 21.6 Å². The number of aliphatic hydroxyl groups is 1. The maximum absolute atomic E-state index is 12.6. The molecule has 0 aliphatic carbocycles. The van der Waals surface area contributed by atoms with Gasteiger partial charge in [-0.15, -0.1) is 0 Å². The fourth-order valence-corrected chi connectivity index (χ4v) is 3.05. The lowest BCUT2D eigenvalue weighted by molar-refractivity contribution is -0.136. The summed E-state index contributed by atoms with van der Waals surface area (Å²) in [4.78, 5) is 24.9. The van der Waals surface area contributed by atoms with Gasteiger partial charge in [0.25, 0.3) is 5.91 Å². The summed E-state index contributed by atoms with van der Waals surface area (Å²) in [6.07, 6.45) is 0.272. The molecular weight excluding hydrogens is 338 g/mol. The maximum atomic E-state index is 12.6. The third kappa shape index (κ3) is 3.85. The molecule has 0 saturated carbocycles. The Balaban J connectivity index is 1.64. The van der Waals surface area contributed by atoms with Crippen molar-refractivity contribution >= 4 is 11.9 Å². The monoisotopic (exact) mass is 359 g/mol. The number of aryl methyl sites for hydroxylation is 2. The van der Waals surface area contributed by atoms with Crippen molar-refractivity contribution in [1.29, 1.82) is 0 Å². The van der Waals surface area contributed by atoms with E-state index in [4.69, 9.17) is 9.84 Å². The maximum Gasteiger partial charge on any atom is 0.307 e. The zero-order valence-corrected chi connectivity index (χ0v) is 14.6. The number of aromatic nitrogens is 2. The Labute approximate surface area is 150 Å². The molecule has 1 aromatic heterocycles. The van der Waals surface area contributed by atoms with E-state index in [0.29, 0.717) is 22.6 Å². The number of β-amino-alcohol motifs (C(OH)–C–C–N with tert-alkyl or cyclic N) is 1. The number of aliphatic hydroxyl groups excluding tert-OH is 1. The second-order valence-corrected chi connectivity index (χ2v) is 6.45. The Hall–Kier alpha value is -2.87. The largest absolute Gasteiger partial charge is 0.486 e. The van der Waals surface area contributed by atoms with E-state index >= 15 is 0 Å². The van der Waals surface area contributed by atoms with Crippen molar-refractivity contribution in [2.45, 2.75) is 25.6 Å². The number of carboxylic acids is 1. The van der Waals surface area contributed by atoms with Crippen LogP contribution in [0.25, 0.3) is 0 Å². The smallest absolute Gasteiger partial charge is 0.307 e. The van der Waals surface area contributed by atoms with Gasteiger partial charge in [-0.3, -0.25) is 14.3 Å². The van der Waals surface area contributed by atoms with E-state index < -0.39 is 18.2 Å². The predicted octanol–water partition coefficient (Wildman–Crippen LogP) is 0.620. The molecule has 0 spiro atoms. The molecule has 1 aliphatic heterocycles. The lowest BCUT2D eigenvalue weighted by atomic mass is 10.1. The number of ether oxygens (including phenoxy) is 1. The number of likely N-dealkylation sites (tertiary alicyclic amines) is 1. The van der Waals surface area contributed by atoms with Gasteiger partial charge in [0.05, 0.1) is 30.8 Å². The second kappa shape index (κ2) is 7.17. The van der Waals surface area contributed by atoms with Gasteiger partial charge >= 0.3 is 5.97 Å². The third-order valence-electron chi connectivity index (χ3n) is 4.33. The minimum absolute atomic E-state index is 0.0565. The fourth-order valence-electron chi connectivity index (χ4n) is 3.05. The van der Waals surface area contributed by atoms with E-state index in [2.05, 4.69) is 5.10 Å². The number of hydrogen-bond acceptors (Lipinski definition) is 5. The first-order valence-electron chi connectivity index (χ1n) is 8.28. The summed E-state index contributed by atoms with van der Waals surface area (Å²) in [6.45, 7) is 2.23. The normalized spacial score (nSPS) is 19.6. The zero-order chi connectivity index (χ0) is 18.8. The summed E-state index contributed by atoms with van der Waals surface area (Å²) in [5.74, 6) is -0.558. The number of benzene rings is 1. The first-order chi connectivity index (χ1) is 12.3. The third-order valence-corrected chi connectivity index (χ3v) is 4.33. The van der Waals surface area contributed by atoms with Crippen LogP contribution in [0.2, 0.25) is 0 Å². The van der Waals surface area contributed by atoms with Crippen LogP contribution < -0.4 is 4.74 Å². The number of aliphatic carboxylic acids is 1. The van der Waals surface area contributed by atoms with Crippen LogP contribution >= 0.6 is 0 Å². The molecule has 1 saturated heterocycles. The molecule has 8 nitrogen and oxygen atoms in total. The number of carbonyl (C=O) groups excluding carboxylic acids is 1. The molecule has 2 atom stereocenters. The van der Waals surface area contributed by atoms with Gasteiger partial charge in [0.15, 0.2) is 0 Å². The molecule has 2 heterocycles. The number of hydrogen-bond donors (Lipinski definition) is 2. The van der Waals surface area contributed by atoms with E-state index in [1.165, 1.54) is 0 Å². The van der Waals surface area contributed by atoms with Crippen molar-refractivity contribution < 1.29 is 24.5 Å². The standard InChI is InChI=1S/C18H21N3O5/c1-11-14(8-20(2)19-11)18(25)21-9-15(22)16(10-21)26-13-5-3-12(4-6-13)7-17(23)24/h3-6,8,15-16,22H,7,9-10H2,1-2H3,(H,23,24)/t15-,16-/m1/s1. The first-order valence-corrected chi connectivity index (χ1v) is 8.28. The highest BCUT2D eigenvalue weighted by Crippen LogP contribution is 2.22. The molecule has 0 bridgehead atoms. The average Bonchev–Trinajstić information content (AvgIpc) is 3.10. The van der Waals surface area contributed by atoms with E-state index in [1.54, 1.807) is 54.0 Å². The van der Waals surface area contributed by atoms with Crippen molar-refractivity contribution in [3.63, 3.8) is 0 Å². The number of amides is 1. The van der Waals surface area contributed by atoms with Crippen LogP contribution in [0.4, 0.5) is 0 Å². The van der Waals surface area contributed by atoms with E-state index in [9.17, 15) is 14.7 Å². The summed E-state index contributed by atoms with van der Waals surface area (Å²) in [5, 5.41) is 23.2. The Morgan fingerprint density at radius 1 is 1.27 bits per heavy atom. The molecule has 3 rings (SSSR count). The van der Waals surface area contributed by atoms with Crippen LogP contribution in [-0.4, -0.2) is 62.1 Å². The fraction of sp³-hybridized carbons (Fsp3) is 0.389. The minimum Gasteiger partial charge on any atom is -0.486 e. The predicted molar refractivity (Wildman–Crippen MR) is 92.1 cm³/mol. The lowest BCUT2D eigenvalue weighted by Gasteiger charge is -2.17. The van der Waals surface area contributed by atoms with Gasteiger partial charge in [-0.05, 0) is 24.6 Å². The van der Waals surface area contributed by atoms with Crippen LogP contribution in [0.5, 0.6) is 5.75 Å². The van der Waals surface area contributed by atoms with Gasteiger partial charge in [-0.25, -0.2) is 0 Å². The molecular formula is C18H21N3O5. The van der Waals surface area contributed by atoms with Crippen molar-refractivity contribution in [3.05, 3.63) is 47.3 Å². The Morgan fingerprint density at radius 2 is 1.96 bits per heavy atom. The van der Waals surface area contributed by atoms with Crippen molar-refractivity contribution in [2.75, 3.05) is 13.1 Å². The first kappa shape index (κ1) is 17.9. The van der Waals surface area contributed by atoms with Crippen LogP contribution in [0.15, 0.2) is 30.5 Å². The summed E-state index contributed by atoms with van der Waals surface area (Å²) < 4.78 is 7.37. The molecule has 26 heavy (non-hydrogen) atoms. The number of carbonyl (C=O) groups is 2. The Kier molecular flexibility index (Phi) is 4.94. The molecule has 1 amide bonds. The van der Waals surface area contributed by atoms with Crippen molar-refractivity contribution in [2.24, 2.45) is 7.05 Å². The van der Waals surface area contributed by atoms with Gasteiger partial charge in [-0.2, -0.15) is 5.10 Å². The van der Waals surface area contributed by atoms with Gasteiger partial charge in [0, 0.05) is 13.2 Å². The lowest BCUT2D eigenvalue weighted by Crippen LogP contribution is -2.31. The number of nitrogens with zero attached hydrogens (tertiary/aromatic N) is 3. The van der Waals surface area contributed by atoms with Gasteiger partial charge in [0.2, 0.25) is 0 Å². The van der Waals surface area contributed by atoms with Crippen LogP contribution in [0.3, 0.4) is 0 Å². The number of rotatable bonds is 5. The Morgan fingerprint density at radius 3 is 2.54 bits per heavy atom. The minimum atomic E-state index is -0.898. The Bertz CT molecular complexity index is 815. The molecule has 8 heteroatoms. The average molecular weight is 359 g/mol. The molecule has 1 aromatic carbocycles. The summed E-state index contributed by atoms with van der Waals surface area (Å²) in [6, 6.07) is 6.68. The molecule has 0 unspecified atom stereocenters. The van der Waals surface area contributed by atoms with Crippen LogP contribution in [-0.2, 0) is 18.3 Å². The molecule has 2 N–H and O–H groups in total. The summed E-state index contributed by atoms with van der Waals surface area (Å²) in [7, 11) is 1.75. The molecule has 138 valence electrons. The quantitative estimate of drug-likeness (QED) is 0.811. The summed E-state index contributed by atoms with van der Waals surface area (Å²) >= 11 is 0. The molecule has 0 radical (unpaired) electrons. The second-order valence-electron chi connectivity index (χ2n) is 6.45. The SMILES string of the molecule is Cc1nn(C)cc1C(=O)N1C[C@@H](O)[C@H](Oc2ccc(CC(=O)O)cc2)C1. The van der Waals surface area contributed by atoms with E-state index in [-0.39, 0.29) is 25.4 Å². The van der Waals surface area contributed by atoms with Gasteiger partial charge < -0.3 is 19.8 Å². The number of carboxylic acid groups (broad SMARTS) is 1. The van der Waals surface area contributed by atoms with E-state index in [1.807, 2.05) is 0 Å². The van der Waals surface area contributed by atoms with Gasteiger partial charge in [-0.1, -0.05) is 12.1 Å². The topological polar surface area (TPSA) is 105 Å². The van der Waals surface area contributed by atoms with Gasteiger partial charge in [0.1, 0.15) is 18.0 Å². The van der Waals surface area contributed by atoms with Crippen LogP contribution in [0, 0.1) is 6.92 Å². The van der Waals surface area contributed by atoms with Crippen molar-refractivity contribution in [3.8, 4) is 5.75 Å². The highest BCUT2D eigenvalue weighted by atomic mass is 16.5. The highest BCUT2D eigenvalue weighted by Gasteiger charge is 2.36. The molecule has 1 aliphatic rings. The molecule has 2 aromatic rings. The van der Waals surface area contributed by atoms with E-state index in [0.717, 1.165) is 0 Å². The summed E-state index contributed by atoms with van der Waals surface area (Å²) in [5.41, 5.74) is 1.82. The zero-order valence-electron chi connectivity index (χ0n) is 14.6. The highest BCUT2D eigenvalue weighted by molar-refractivity contribution is 5.95.